The van der Waals surface area contributed by atoms with E-state index in [1.165, 1.54) is 7.11 Å². The van der Waals surface area contributed by atoms with Crippen molar-refractivity contribution in [2.45, 2.75) is 25.3 Å². The van der Waals surface area contributed by atoms with Crippen LogP contribution in [0.15, 0.2) is 36.4 Å². The lowest BCUT2D eigenvalue weighted by molar-refractivity contribution is -0.141. The quantitative estimate of drug-likeness (QED) is 0.860. The van der Waals surface area contributed by atoms with Crippen molar-refractivity contribution in [2.75, 3.05) is 7.11 Å². The summed E-state index contributed by atoms with van der Waals surface area (Å²) in [5.41, 5.74) is 1.15. The number of amides is 1. The Morgan fingerprint density at radius 2 is 2.05 bits per heavy atom. The predicted octanol–water partition coefficient (Wildman–Crippen LogP) is 2.31. The van der Waals surface area contributed by atoms with Crippen molar-refractivity contribution < 1.29 is 14.3 Å². The predicted molar refractivity (Wildman–Crippen MR) is 82.4 cm³/mol. The molecule has 0 radical (unpaired) electrons. The van der Waals surface area contributed by atoms with Gasteiger partial charge in [-0.05, 0) is 30.9 Å². The first-order valence-corrected chi connectivity index (χ1v) is 7.41. The smallest absolute Gasteiger partial charge is 0.307 e. The van der Waals surface area contributed by atoms with Gasteiger partial charge in [-0.2, -0.15) is 0 Å². The van der Waals surface area contributed by atoms with Crippen molar-refractivity contribution in [3.05, 3.63) is 42.1 Å². The van der Waals surface area contributed by atoms with E-state index in [-0.39, 0.29) is 24.3 Å². The Kier molecular flexibility index (Phi) is 4.04. The lowest BCUT2D eigenvalue weighted by Crippen LogP contribution is -2.38. The summed E-state index contributed by atoms with van der Waals surface area (Å²) in [5.74, 6) is -0.182. The van der Waals surface area contributed by atoms with Crippen molar-refractivity contribution in [1.82, 2.24) is 10.3 Å². The average Bonchev–Trinajstić information content (AvgIpc) is 3.38. The first kappa shape index (κ1) is 14.5. The molecule has 1 aliphatic carbocycles. The summed E-state index contributed by atoms with van der Waals surface area (Å²) in [5, 5.41) is 3.92. The fourth-order valence-electron chi connectivity index (χ4n) is 2.53. The van der Waals surface area contributed by atoms with Gasteiger partial charge in [0.25, 0.3) is 5.91 Å². The number of aromatic nitrogens is 1. The van der Waals surface area contributed by atoms with Crippen LogP contribution < -0.4 is 5.32 Å². The number of nitrogens with one attached hydrogen (secondary N) is 1. The summed E-state index contributed by atoms with van der Waals surface area (Å²) in [6.45, 7) is 0. The Balaban J connectivity index is 1.74. The third kappa shape index (κ3) is 3.24. The highest BCUT2D eigenvalue weighted by Gasteiger charge is 2.34. The molecule has 0 bridgehead atoms. The van der Waals surface area contributed by atoms with E-state index in [1.54, 1.807) is 6.07 Å². The van der Waals surface area contributed by atoms with Gasteiger partial charge < -0.3 is 10.1 Å². The maximum atomic E-state index is 12.4. The normalized spacial score (nSPS) is 15.3. The molecule has 1 aromatic carbocycles. The first-order valence-electron chi connectivity index (χ1n) is 7.41. The van der Waals surface area contributed by atoms with Crippen molar-refractivity contribution >= 4 is 22.8 Å². The SMILES string of the molecule is COC(=O)C[C@@H](NC(=O)c1ccc2ccccc2n1)C1CC1. The number of nitrogens with zero attached hydrogens (tertiary/aromatic N) is 1. The van der Waals surface area contributed by atoms with Gasteiger partial charge in [0.15, 0.2) is 0 Å². The molecule has 0 aliphatic heterocycles. The topological polar surface area (TPSA) is 68.3 Å². The second-order valence-corrected chi connectivity index (χ2v) is 5.59. The number of hydrogen-bond acceptors (Lipinski definition) is 4. The number of ether oxygens (including phenoxy) is 1. The number of hydrogen-bond donors (Lipinski definition) is 1. The summed E-state index contributed by atoms with van der Waals surface area (Å²) in [4.78, 5) is 28.2. The van der Waals surface area contributed by atoms with E-state index in [1.807, 2.05) is 30.3 Å². The Morgan fingerprint density at radius 1 is 1.27 bits per heavy atom. The molecule has 1 aromatic heterocycles. The van der Waals surface area contributed by atoms with Crippen LogP contribution in [0.2, 0.25) is 0 Å². The Hall–Kier alpha value is -2.43. The molecular formula is C17H18N2O3. The summed E-state index contributed by atoms with van der Waals surface area (Å²) in [6.07, 6.45) is 2.28. The number of para-hydroxylation sites is 1. The number of fused-ring (bicyclic) bond motifs is 1. The van der Waals surface area contributed by atoms with E-state index < -0.39 is 0 Å². The standard InChI is InChI=1S/C17H18N2O3/c1-22-16(20)10-15(12-6-7-12)19-17(21)14-9-8-11-4-2-3-5-13(11)18-14/h2-5,8-9,12,15H,6-7,10H2,1H3,(H,19,21)/t15-/m1/s1. The van der Waals surface area contributed by atoms with Gasteiger partial charge in [-0.3, -0.25) is 9.59 Å². The fourth-order valence-corrected chi connectivity index (χ4v) is 2.53. The van der Waals surface area contributed by atoms with E-state index in [2.05, 4.69) is 10.3 Å². The second kappa shape index (κ2) is 6.13. The molecule has 0 saturated heterocycles. The van der Waals surface area contributed by atoms with Gasteiger partial charge in [0.1, 0.15) is 5.69 Å². The van der Waals surface area contributed by atoms with Gasteiger partial charge in [0, 0.05) is 11.4 Å². The molecule has 1 atom stereocenters. The molecule has 0 unspecified atom stereocenters. The zero-order valence-electron chi connectivity index (χ0n) is 12.4. The third-order valence-electron chi connectivity index (χ3n) is 3.95. The number of carbonyl (C=O) groups excluding carboxylic acids is 2. The molecule has 1 heterocycles. The number of esters is 1. The van der Waals surface area contributed by atoms with Crippen LogP contribution in [0.3, 0.4) is 0 Å². The van der Waals surface area contributed by atoms with Crippen LogP contribution in [0.5, 0.6) is 0 Å². The molecule has 3 rings (SSSR count). The molecule has 5 heteroatoms. The summed E-state index contributed by atoms with van der Waals surface area (Å²) < 4.78 is 4.70. The minimum Gasteiger partial charge on any atom is -0.469 e. The number of benzene rings is 1. The van der Waals surface area contributed by atoms with Crippen molar-refractivity contribution in [1.29, 1.82) is 0 Å². The molecule has 114 valence electrons. The minimum atomic E-state index is -0.302. The number of methoxy groups -OCH3 is 1. The molecule has 1 amide bonds. The Morgan fingerprint density at radius 3 is 2.77 bits per heavy atom. The second-order valence-electron chi connectivity index (χ2n) is 5.59. The first-order chi connectivity index (χ1) is 10.7. The molecule has 22 heavy (non-hydrogen) atoms. The van der Waals surface area contributed by atoms with Crippen LogP contribution in [0.1, 0.15) is 29.8 Å². The molecule has 1 N–H and O–H groups in total. The van der Waals surface area contributed by atoms with E-state index >= 15 is 0 Å². The van der Waals surface area contributed by atoms with Crippen molar-refractivity contribution in [3.63, 3.8) is 0 Å². The molecule has 1 aliphatic rings. The fraction of sp³-hybridized carbons (Fsp3) is 0.353. The maximum Gasteiger partial charge on any atom is 0.307 e. The molecule has 0 spiro atoms. The molecule has 1 fully saturated rings. The lowest BCUT2D eigenvalue weighted by Gasteiger charge is -2.16. The van der Waals surface area contributed by atoms with Gasteiger partial charge >= 0.3 is 5.97 Å². The monoisotopic (exact) mass is 298 g/mol. The Bertz CT molecular complexity index is 710. The van der Waals surface area contributed by atoms with E-state index in [0.717, 1.165) is 23.7 Å². The van der Waals surface area contributed by atoms with Crippen molar-refractivity contribution in [2.24, 2.45) is 5.92 Å². The van der Waals surface area contributed by atoms with Crippen LogP contribution in [-0.4, -0.2) is 30.0 Å². The highest BCUT2D eigenvalue weighted by atomic mass is 16.5. The van der Waals surface area contributed by atoms with Crippen molar-refractivity contribution in [3.8, 4) is 0 Å². The van der Waals surface area contributed by atoms with Gasteiger partial charge in [0.05, 0.1) is 19.0 Å². The largest absolute Gasteiger partial charge is 0.469 e. The number of carbonyl (C=O) groups is 2. The van der Waals surface area contributed by atoms with E-state index in [9.17, 15) is 9.59 Å². The minimum absolute atomic E-state index is 0.173. The molecular weight excluding hydrogens is 280 g/mol. The van der Waals surface area contributed by atoms with Crippen LogP contribution in [0.4, 0.5) is 0 Å². The van der Waals surface area contributed by atoms with Gasteiger partial charge in [0.2, 0.25) is 0 Å². The highest BCUT2D eigenvalue weighted by molar-refractivity contribution is 5.95. The summed E-state index contributed by atoms with van der Waals surface area (Å²) >= 11 is 0. The van der Waals surface area contributed by atoms with Gasteiger partial charge in [-0.25, -0.2) is 4.98 Å². The Labute approximate surface area is 128 Å². The molecule has 1 saturated carbocycles. The highest BCUT2D eigenvalue weighted by Crippen LogP contribution is 2.34. The van der Waals surface area contributed by atoms with E-state index in [4.69, 9.17) is 4.74 Å². The zero-order valence-corrected chi connectivity index (χ0v) is 12.4. The lowest BCUT2D eigenvalue weighted by atomic mass is 10.1. The van der Waals surface area contributed by atoms with Crippen LogP contribution >= 0.6 is 0 Å². The molecule has 2 aromatic rings. The summed E-state index contributed by atoms with van der Waals surface area (Å²) in [6, 6.07) is 11.1. The van der Waals surface area contributed by atoms with Crippen LogP contribution in [-0.2, 0) is 9.53 Å². The summed E-state index contributed by atoms with van der Waals surface area (Å²) in [7, 11) is 1.36. The van der Waals surface area contributed by atoms with Crippen LogP contribution in [0, 0.1) is 5.92 Å². The molecule has 5 nitrogen and oxygen atoms in total. The maximum absolute atomic E-state index is 12.4. The number of rotatable bonds is 5. The average molecular weight is 298 g/mol. The van der Waals surface area contributed by atoms with E-state index in [0.29, 0.717) is 11.6 Å². The van der Waals surface area contributed by atoms with Gasteiger partial charge in [-0.1, -0.05) is 24.3 Å². The zero-order chi connectivity index (χ0) is 15.5. The van der Waals surface area contributed by atoms with Crippen LogP contribution in [0.25, 0.3) is 10.9 Å². The van der Waals surface area contributed by atoms with Gasteiger partial charge in [-0.15, -0.1) is 0 Å². The number of pyridine rings is 1. The third-order valence-corrected chi connectivity index (χ3v) is 3.95.